The number of amides is 1. The van der Waals surface area contributed by atoms with Crippen molar-refractivity contribution in [1.29, 1.82) is 0 Å². The fourth-order valence-corrected chi connectivity index (χ4v) is 2.84. The summed E-state index contributed by atoms with van der Waals surface area (Å²) >= 11 is 0. The molecular weight excluding hydrogens is 310 g/mol. The number of fused-ring (bicyclic) bond motifs is 1. The third-order valence-electron chi connectivity index (χ3n) is 4.04. The highest BCUT2D eigenvalue weighted by Crippen LogP contribution is 2.23. The van der Waals surface area contributed by atoms with Crippen molar-refractivity contribution in [2.75, 3.05) is 13.1 Å². The van der Waals surface area contributed by atoms with E-state index in [9.17, 15) is 4.79 Å². The largest absolute Gasteiger partial charge is 0.470 e. The van der Waals surface area contributed by atoms with Crippen LogP contribution in [0.15, 0.2) is 22.9 Å². The summed E-state index contributed by atoms with van der Waals surface area (Å²) in [6, 6.07) is 3.59. The Morgan fingerprint density at radius 2 is 2.08 bits per heavy atom. The molecule has 0 unspecified atom stereocenters. The van der Waals surface area contributed by atoms with Crippen molar-refractivity contribution in [1.82, 2.24) is 24.5 Å². The van der Waals surface area contributed by atoms with Crippen LogP contribution in [-0.4, -0.2) is 49.6 Å². The number of hydrogen-bond acceptors (Lipinski definition) is 6. The summed E-state index contributed by atoms with van der Waals surface area (Å²) in [5, 5.41) is 4.11. The van der Waals surface area contributed by atoms with E-state index < -0.39 is 0 Å². The number of likely N-dealkylation sites (tertiary alicyclic amines) is 1. The van der Waals surface area contributed by atoms with Gasteiger partial charge in [-0.1, -0.05) is 0 Å². The normalized spacial score (nSPS) is 14.9. The Balaban J connectivity index is 1.45. The maximum Gasteiger partial charge on any atom is 0.257 e. The fraction of sp³-hybridized carbons (Fsp3) is 0.375. The second kappa shape index (κ2) is 5.33. The summed E-state index contributed by atoms with van der Waals surface area (Å²) < 4.78 is 12.9. The number of carbonyl (C=O) groups is 1. The molecule has 0 saturated carbocycles. The van der Waals surface area contributed by atoms with Crippen LogP contribution >= 0.6 is 0 Å². The molecule has 8 nitrogen and oxygen atoms in total. The summed E-state index contributed by atoms with van der Waals surface area (Å²) in [4.78, 5) is 22.6. The van der Waals surface area contributed by atoms with Crippen molar-refractivity contribution in [3.05, 3.63) is 41.2 Å². The van der Waals surface area contributed by atoms with E-state index in [0.717, 1.165) is 11.5 Å². The molecule has 0 N–H and O–H groups in total. The molecule has 1 aliphatic heterocycles. The number of hydrogen-bond donors (Lipinski definition) is 0. The van der Waals surface area contributed by atoms with E-state index in [2.05, 4.69) is 15.1 Å². The smallest absolute Gasteiger partial charge is 0.257 e. The summed E-state index contributed by atoms with van der Waals surface area (Å²) in [6.45, 7) is 6.57. The van der Waals surface area contributed by atoms with E-state index in [1.54, 1.807) is 22.4 Å². The molecule has 0 bridgehead atoms. The molecule has 1 amide bonds. The highest BCUT2D eigenvalue weighted by atomic mass is 16.5. The van der Waals surface area contributed by atoms with E-state index in [1.807, 2.05) is 19.9 Å². The number of nitrogens with zero attached hydrogens (tertiary/aromatic N) is 5. The Hall–Kier alpha value is -2.90. The third kappa shape index (κ3) is 2.40. The topological polar surface area (TPSA) is 85.8 Å². The first kappa shape index (κ1) is 14.7. The van der Waals surface area contributed by atoms with Crippen LogP contribution in [0.2, 0.25) is 0 Å². The highest BCUT2D eigenvalue weighted by molar-refractivity contribution is 5.95. The predicted molar refractivity (Wildman–Crippen MR) is 84.0 cm³/mol. The second-order valence-corrected chi connectivity index (χ2v) is 5.98. The van der Waals surface area contributed by atoms with Gasteiger partial charge in [0.15, 0.2) is 0 Å². The zero-order valence-electron chi connectivity index (χ0n) is 13.7. The Morgan fingerprint density at radius 1 is 1.29 bits per heavy atom. The number of ether oxygens (including phenoxy) is 1. The lowest BCUT2D eigenvalue weighted by Crippen LogP contribution is -2.56. The van der Waals surface area contributed by atoms with Gasteiger partial charge in [-0.3, -0.25) is 4.79 Å². The summed E-state index contributed by atoms with van der Waals surface area (Å²) in [6.07, 6.45) is 1.37. The van der Waals surface area contributed by atoms with Crippen LogP contribution in [0.3, 0.4) is 0 Å². The molecule has 0 aliphatic carbocycles. The molecule has 3 aromatic rings. The van der Waals surface area contributed by atoms with Gasteiger partial charge in [-0.25, -0.2) is 4.98 Å². The lowest BCUT2D eigenvalue weighted by molar-refractivity contribution is 0.0149. The molecular formula is C16H17N5O3. The number of aromatic nitrogens is 4. The van der Waals surface area contributed by atoms with Crippen LogP contribution in [0.1, 0.15) is 27.6 Å². The summed E-state index contributed by atoms with van der Waals surface area (Å²) in [5.74, 6) is 2.45. The Bertz CT molecular complexity index is 923. The molecule has 1 aliphatic rings. The van der Waals surface area contributed by atoms with Gasteiger partial charge in [0.05, 0.1) is 18.7 Å². The number of furan rings is 1. The monoisotopic (exact) mass is 327 g/mol. The minimum absolute atomic E-state index is 0.0268. The van der Waals surface area contributed by atoms with Gasteiger partial charge in [-0.05, 0) is 26.8 Å². The number of aryl methyl sites for hydroxylation is 3. The van der Waals surface area contributed by atoms with Crippen LogP contribution < -0.4 is 4.74 Å². The van der Waals surface area contributed by atoms with Crippen LogP contribution in [0.5, 0.6) is 5.88 Å². The zero-order valence-corrected chi connectivity index (χ0v) is 13.7. The molecule has 124 valence electrons. The van der Waals surface area contributed by atoms with E-state index in [4.69, 9.17) is 9.15 Å². The van der Waals surface area contributed by atoms with Crippen LogP contribution in [0.4, 0.5) is 0 Å². The van der Waals surface area contributed by atoms with E-state index >= 15 is 0 Å². The first-order valence-electron chi connectivity index (χ1n) is 7.71. The van der Waals surface area contributed by atoms with Crippen molar-refractivity contribution >= 4 is 11.7 Å². The van der Waals surface area contributed by atoms with Crippen LogP contribution in [-0.2, 0) is 0 Å². The van der Waals surface area contributed by atoms with Crippen LogP contribution in [0.25, 0.3) is 5.78 Å². The minimum Gasteiger partial charge on any atom is -0.470 e. The quantitative estimate of drug-likeness (QED) is 0.725. The average Bonchev–Trinajstić information content (AvgIpc) is 3.07. The zero-order chi connectivity index (χ0) is 16.8. The maximum atomic E-state index is 12.5. The lowest BCUT2D eigenvalue weighted by atomic mass is 10.1. The molecule has 0 aromatic carbocycles. The molecule has 0 spiro atoms. The Morgan fingerprint density at radius 3 is 2.79 bits per heavy atom. The molecule has 3 aromatic heterocycles. The van der Waals surface area contributed by atoms with Crippen LogP contribution in [0, 0.1) is 20.8 Å². The molecule has 1 fully saturated rings. The van der Waals surface area contributed by atoms with Gasteiger partial charge >= 0.3 is 0 Å². The van der Waals surface area contributed by atoms with Gasteiger partial charge in [0.2, 0.25) is 5.88 Å². The highest BCUT2D eigenvalue weighted by Gasteiger charge is 2.34. The third-order valence-corrected chi connectivity index (χ3v) is 4.04. The second-order valence-electron chi connectivity index (χ2n) is 5.98. The van der Waals surface area contributed by atoms with Gasteiger partial charge in [-0.2, -0.15) is 14.6 Å². The molecule has 0 atom stereocenters. The SMILES string of the molecule is Cc1cc(OC2CN(C(=O)c3cc(C)oc3C)C2)n2ncnc2n1. The van der Waals surface area contributed by atoms with E-state index in [0.29, 0.717) is 36.1 Å². The fourth-order valence-electron chi connectivity index (χ4n) is 2.84. The van der Waals surface area contributed by atoms with E-state index in [1.165, 1.54) is 6.33 Å². The maximum absolute atomic E-state index is 12.5. The van der Waals surface area contributed by atoms with Crippen molar-refractivity contribution in [2.45, 2.75) is 26.9 Å². The first-order valence-corrected chi connectivity index (χ1v) is 7.71. The predicted octanol–water partition coefficient (Wildman–Crippen LogP) is 1.55. The van der Waals surface area contributed by atoms with Gasteiger partial charge in [0.1, 0.15) is 24.0 Å². The van der Waals surface area contributed by atoms with Gasteiger partial charge < -0.3 is 14.1 Å². The number of carbonyl (C=O) groups excluding carboxylic acids is 1. The van der Waals surface area contributed by atoms with Crippen molar-refractivity contribution in [3.8, 4) is 5.88 Å². The average molecular weight is 327 g/mol. The molecule has 0 radical (unpaired) electrons. The van der Waals surface area contributed by atoms with Crippen molar-refractivity contribution < 1.29 is 13.9 Å². The summed E-state index contributed by atoms with van der Waals surface area (Å²) in [5.41, 5.74) is 1.42. The lowest BCUT2D eigenvalue weighted by Gasteiger charge is -2.38. The molecule has 4 rings (SSSR count). The molecule has 24 heavy (non-hydrogen) atoms. The minimum atomic E-state index is -0.0727. The van der Waals surface area contributed by atoms with Gasteiger partial charge in [0.25, 0.3) is 11.7 Å². The first-order chi connectivity index (χ1) is 11.5. The van der Waals surface area contributed by atoms with Gasteiger partial charge in [0, 0.05) is 11.8 Å². The standard InChI is InChI=1S/C16H17N5O3/c1-9-4-14(21-16(19-9)17-8-18-21)24-12-6-20(7-12)15(22)13-5-10(2)23-11(13)3/h4-5,8,12H,6-7H2,1-3H3. The molecule has 4 heterocycles. The number of rotatable bonds is 3. The van der Waals surface area contributed by atoms with Crippen molar-refractivity contribution in [3.63, 3.8) is 0 Å². The molecule has 8 heteroatoms. The van der Waals surface area contributed by atoms with E-state index in [-0.39, 0.29) is 12.0 Å². The summed E-state index contributed by atoms with van der Waals surface area (Å²) in [7, 11) is 0. The van der Waals surface area contributed by atoms with Gasteiger partial charge in [-0.15, -0.1) is 0 Å². The Labute approximate surface area is 138 Å². The molecule has 1 saturated heterocycles. The Kier molecular flexibility index (Phi) is 3.26. The van der Waals surface area contributed by atoms with Crippen molar-refractivity contribution in [2.24, 2.45) is 0 Å².